The molecule has 0 bridgehead atoms. The molecule has 0 atom stereocenters. The molecule has 0 spiro atoms. The summed E-state index contributed by atoms with van der Waals surface area (Å²) < 4.78 is 0. The Labute approximate surface area is 97.6 Å². The SMILES string of the molecule is N#CCC1CCC(=O)CC1.[BH4-].[Na+]. The van der Waals surface area contributed by atoms with Gasteiger partial charge in [-0.25, -0.2) is 0 Å². The van der Waals surface area contributed by atoms with Crippen LogP contribution >= 0.6 is 0 Å². The summed E-state index contributed by atoms with van der Waals surface area (Å²) in [6.45, 7) is 0. The molecule has 1 rings (SSSR count). The van der Waals surface area contributed by atoms with E-state index in [1.807, 2.05) is 0 Å². The molecule has 0 aliphatic heterocycles. The Morgan fingerprint density at radius 2 is 1.92 bits per heavy atom. The van der Waals surface area contributed by atoms with Crippen molar-refractivity contribution in [3.63, 3.8) is 0 Å². The number of nitrogens with zero attached hydrogens (tertiary/aromatic N) is 1. The predicted molar refractivity (Wildman–Crippen MR) is 48.5 cm³/mol. The molecule has 1 aliphatic carbocycles. The fraction of sp³-hybridized carbons (Fsp3) is 0.750. The van der Waals surface area contributed by atoms with Crippen LogP contribution in [0, 0.1) is 17.2 Å². The van der Waals surface area contributed by atoms with Gasteiger partial charge in [-0.3, -0.25) is 4.79 Å². The molecule has 12 heavy (non-hydrogen) atoms. The average Bonchev–Trinajstić information content (AvgIpc) is 1.95. The summed E-state index contributed by atoms with van der Waals surface area (Å²) in [4.78, 5) is 10.7. The second kappa shape index (κ2) is 7.85. The van der Waals surface area contributed by atoms with Crippen LogP contribution in [0.4, 0.5) is 0 Å². The van der Waals surface area contributed by atoms with Crippen LogP contribution in [0.1, 0.15) is 32.1 Å². The van der Waals surface area contributed by atoms with E-state index in [0.29, 0.717) is 31.0 Å². The van der Waals surface area contributed by atoms with Crippen LogP contribution in [0.25, 0.3) is 0 Å². The minimum Gasteiger partial charge on any atom is -0.300 e. The Balaban J connectivity index is 0. The topological polar surface area (TPSA) is 40.9 Å². The van der Waals surface area contributed by atoms with Gasteiger partial charge in [0.1, 0.15) is 5.78 Å². The fourth-order valence-electron chi connectivity index (χ4n) is 1.33. The van der Waals surface area contributed by atoms with Crippen LogP contribution in [-0.2, 0) is 4.79 Å². The first kappa shape index (κ1) is 14.7. The third-order valence-corrected chi connectivity index (χ3v) is 2.04. The number of carbonyl (C=O) groups is 1. The van der Waals surface area contributed by atoms with E-state index in [9.17, 15) is 4.79 Å². The Hall–Kier alpha value is 0.225. The van der Waals surface area contributed by atoms with E-state index in [1.165, 1.54) is 0 Å². The molecule has 62 valence electrons. The van der Waals surface area contributed by atoms with E-state index in [4.69, 9.17) is 5.26 Å². The van der Waals surface area contributed by atoms with E-state index in [2.05, 4.69) is 6.07 Å². The Bertz CT molecular complexity index is 168. The van der Waals surface area contributed by atoms with Gasteiger partial charge in [-0.2, -0.15) is 5.26 Å². The molecule has 0 N–H and O–H groups in total. The van der Waals surface area contributed by atoms with Crippen LogP contribution in [0.3, 0.4) is 0 Å². The summed E-state index contributed by atoms with van der Waals surface area (Å²) in [6, 6.07) is 2.14. The van der Waals surface area contributed by atoms with Gasteiger partial charge in [0.05, 0.1) is 6.07 Å². The number of carbonyl (C=O) groups excluding carboxylic acids is 1. The van der Waals surface area contributed by atoms with E-state index in [1.54, 1.807) is 0 Å². The number of rotatable bonds is 1. The Morgan fingerprint density at radius 1 is 1.42 bits per heavy atom. The molecule has 0 heterocycles. The third kappa shape index (κ3) is 4.98. The number of ketones is 1. The van der Waals surface area contributed by atoms with Gasteiger partial charge in [-0.1, -0.05) is 8.41 Å². The molecule has 0 saturated heterocycles. The van der Waals surface area contributed by atoms with Crippen molar-refractivity contribution in [1.82, 2.24) is 0 Å². The van der Waals surface area contributed by atoms with Crippen molar-refractivity contribution >= 4 is 14.2 Å². The number of nitriles is 1. The number of Topliss-reactive ketones (excluding diaryl/α,β-unsaturated/α-hetero) is 1. The first-order chi connectivity index (χ1) is 4.83. The summed E-state index contributed by atoms with van der Waals surface area (Å²) in [6.07, 6.45) is 3.91. The molecule has 2 nitrogen and oxygen atoms in total. The van der Waals surface area contributed by atoms with E-state index >= 15 is 0 Å². The molecule has 1 fully saturated rings. The van der Waals surface area contributed by atoms with Crippen LogP contribution in [0.5, 0.6) is 0 Å². The van der Waals surface area contributed by atoms with Gasteiger partial charge >= 0.3 is 29.6 Å². The van der Waals surface area contributed by atoms with Gasteiger partial charge in [-0.15, -0.1) is 0 Å². The predicted octanol–water partition coefficient (Wildman–Crippen LogP) is -2.79. The van der Waals surface area contributed by atoms with Crippen molar-refractivity contribution in [3.8, 4) is 6.07 Å². The van der Waals surface area contributed by atoms with Crippen molar-refractivity contribution in [3.05, 3.63) is 0 Å². The Kier molecular flexibility index (Phi) is 9.64. The van der Waals surface area contributed by atoms with Crippen LogP contribution in [-0.4, -0.2) is 14.2 Å². The molecule has 1 saturated carbocycles. The van der Waals surface area contributed by atoms with Crippen LogP contribution < -0.4 is 29.6 Å². The quantitative estimate of drug-likeness (QED) is 0.404. The molecule has 0 unspecified atom stereocenters. The first-order valence-corrected chi connectivity index (χ1v) is 3.71. The summed E-state index contributed by atoms with van der Waals surface area (Å²) >= 11 is 0. The molecule has 0 radical (unpaired) electrons. The zero-order valence-electron chi connectivity index (χ0n) is 6.97. The zero-order valence-corrected chi connectivity index (χ0v) is 8.97. The molecule has 1 aliphatic rings. The third-order valence-electron chi connectivity index (χ3n) is 2.04. The standard InChI is InChI=1S/C8H11NO.BH4.Na/c9-6-5-7-1-3-8(10)4-2-7;;/h7H,1-5H2;1H4;/q;-1;+1. The fourth-order valence-corrected chi connectivity index (χ4v) is 1.33. The summed E-state index contributed by atoms with van der Waals surface area (Å²) in [5, 5.41) is 8.35. The van der Waals surface area contributed by atoms with E-state index in [-0.39, 0.29) is 38.0 Å². The van der Waals surface area contributed by atoms with Gasteiger partial charge < -0.3 is 0 Å². The second-order valence-electron chi connectivity index (χ2n) is 2.84. The van der Waals surface area contributed by atoms with Crippen molar-refractivity contribution in [2.24, 2.45) is 5.92 Å². The molecule has 0 aromatic carbocycles. The van der Waals surface area contributed by atoms with Crippen LogP contribution in [0.2, 0.25) is 0 Å². The monoisotopic (exact) mass is 175 g/mol. The van der Waals surface area contributed by atoms with Crippen molar-refractivity contribution in [2.45, 2.75) is 32.1 Å². The molecule has 0 amide bonds. The minimum absolute atomic E-state index is 0. The summed E-state index contributed by atoms with van der Waals surface area (Å²) in [5.41, 5.74) is 0. The van der Waals surface area contributed by atoms with E-state index < -0.39 is 0 Å². The van der Waals surface area contributed by atoms with Crippen LogP contribution in [0.15, 0.2) is 0 Å². The minimum atomic E-state index is 0. The first-order valence-electron chi connectivity index (χ1n) is 3.71. The smallest absolute Gasteiger partial charge is 0.300 e. The van der Waals surface area contributed by atoms with Gasteiger partial charge in [-0.05, 0) is 18.8 Å². The van der Waals surface area contributed by atoms with Gasteiger partial charge in [0.25, 0.3) is 0 Å². The largest absolute Gasteiger partial charge is 1.00 e. The maximum atomic E-state index is 10.7. The molecule has 0 aromatic rings. The average molecular weight is 175 g/mol. The van der Waals surface area contributed by atoms with Crippen molar-refractivity contribution in [1.29, 1.82) is 5.26 Å². The zero-order chi connectivity index (χ0) is 7.40. The maximum Gasteiger partial charge on any atom is 1.00 e. The maximum absolute atomic E-state index is 10.7. The normalized spacial score (nSPS) is 17.1. The second-order valence-corrected chi connectivity index (χ2v) is 2.84. The molecule has 4 heteroatoms. The molecular formula is C8H15BNNaO. The van der Waals surface area contributed by atoms with Crippen molar-refractivity contribution < 1.29 is 34.4 Å². The summed E-state index contributed by atoms with van der Waals surface area (Å²) in [5.74, 6) is 0.872. The summed E-state index contributed by atoms with van der Waals surface area (Å²) in [7, 11) is 0. The van der Waals surface area contributed by atoms with Gasteiger partial charge in [0, 0.05) is 19.3 Å². The van der Waals surface area contributed by atoms with Gasteiger partial charge in [0.2, 0.25) is 0 Å². The van der Waals surface area contributed by atoms with Crippen molar-refractivity contribution in [2.75, 3.05) is 0 Å². The molecular weight excluding hydrogens is 160 g/mol. The van der Waals surface area contributed by atoms with E-state index in [0.717, 1.165) is 12.8 Å². The molecule has 0 aromatic heterocycles. The Morgan fingerprint density at radius 3 is 2.33 bits per heavy atom. The number of hydrogen-bond donors (Lipinski definition) is 0. The van der Waals surface area contributed by atoms with Gasteiger partial charge in [0.15, 0.2) is 0 Å². The number of hydrogen-bond acceptors (Lipinski definition) is 2.